The van der Waals surface area contributed by atoms with E-state index in [9.17, 15) is 0 Å². The second kappa shape index (κ2) is 4.04. The van der Waals surface area contributed by atoms with Gasteiger partial charge in [0.1, 0.15) is 6.04 Å². The molecule has 2 N–H and O–H groups in total. The summed E-state index contributed by atoms with van der Waals surface area (Å²) in [4.78, 5) is 0. The van der Waals surface area contributed by atoms with Crippen LogP contribution in [0.3, 0.4) is 0 Å². The van der Waals surface area contributed by atoms with Gasteiger partial charge in [-0.15, -0.1) is 0 Å². The first-order valence-electron chi connectivity index (χ1n) is 3.25. The van der Waals surface area contributed by atoms with Crippen LogP contribution in [0.4, 0.5) is 0 Å². The second-order valence-corrected chi connectivity index (χ2v) is 4.04. The zero-order valence-corrected chi connectivity index (χ0v) is 9.26. The number of nitriles is 1. The maximum Gasteiger partial charge on any atom is 0.120 e. The Bertz CT molecular complexity index is 330. The van der Waals surface area contributed by atoms with Crippen molar-refractivity contribution in [2.75, 3.05) is 0 Å². The largest absolute Gasteiger partial charge is 0.312 e. The van der Waals surface area contributed by atoms with Crippen molar-refractivity contribution in [2.24, 2.45) is 5.73 Å². The van der Waals surface area contributed by atoms with E-state index >= 15 is 0 Å². The van der Waals surface area contributed by atoms with Gasteiger partial charge in [-0.3, -0.25) is 0 Å². The summed E-state index contributed by atoms with van der Waals surface area (Å²) in [5.41, 5.74) is 6.35. The molecule has 0 spiro atoms. The minimum Gasteiger partial charge on any atom is -0.312 e. The average molecular weight is 290 g/mol. The Morgan fingerprint density at radius 3 is 2.67 bits per heavy atom. The first-order valence-corrected chi connectivity index (χ1v) is 4.84. The molecule has 1 atom stereocenters. The van der Waals surface area contributed by atoms with Gasteiger partial charge in [-0.1, -0.05) is 31.9 Å². The minimum absolute atomic E-state index is 0.572. The maximum absolute atomic E-state index is 8.59. The first kappa shape index (κ1) is 9.72. The topological polar surface area (TPSA) is 49.8 Å². The van der Waals surface area contributed by atoms with Crippen molar-refractivity contribution in [2.45, 2.75) is 6.04 Å². The van der Waals surface area contributed by atoms with Crippen LogP contribution in [0.1, 0.15) is 11.6 Å². The molecule has 0 radical (unpaired) electrons. The lowest BCUT2D eigenvalue weighted by molar-refractivity contribution is 0.918. The summed E-state index contributed by atoms with van der Waals surface area (Å²) in [5.74, 6) is 0. The van der Waals surface area contributed by atoms with E-state index in [2.05, 4.69) is 31.9 Å². The van der Waals surface area contributed by atoms with Crippen LogP contribution in [0.2, 0.25) is 0 Å². The van der Waals surface area contributed by atoms with Crippen molar-refractivity contribution in [3.05, 3.63) is 32.7 Å². The Morgan fingerprint density at radius 2 is 2.08 bits per heavy atom. The van der Waals surface area contributed by atoms with Gasteiger partial charge in [-0.05, 0) is 23.8 Å². The predicted molar refractivity (Wildman–Crippen MR) is 54.4 cm³/mol. The second-order valence-electron chi connectivity index (χ2n) is 2.27. The van der Waals surface area contributed by atoms with Crippen molar-refractivity contribution in [1.29, 1.82) is 5.26 Å². The van der Waals surface area contributed by atoms with Gasteiger partial charge >= 0.3 is 0 Å². The molecule has 0 amide bonds. The van der Waals surface area contributed by atoms with Crippen molar-refractivity contribution < 1.29 is 0 Å². The molecule has 0 heterocycles. The molecule has 0 saturated heterocycles. The van der Waals surface area contributed by atoms with E-state index in [4.69, 9.17) is 11.0 Å². The van der Waals surface area contributed by atoms with E-state index < -0.39 is 6.04 Å². The molecule has 0 aliphatic rings. The highest BCUT2D eigenvalue weighted by Gasteiger charge is 2.08. The van der Waals surface area contributed by atoms with Crippen LogP contribution in [-0.2, 0) is 0 Å². The Morgan fingerprint density at radius 1 is 1.42 bits per heavy atom. The van der Waals surface area contributed by atoms with E-state index in [0.717, 1.165) is 14.5 Å². The number of nitrogens with two attached hydrogens (primary N) is 1. The minimum atomic E-state index is -0.572. The summed E-state index contributed by atoms with van der Waals surface area (Å²) in [6, 6.07) is 6.98. The highest BCUT2D eigenvalue weighted by atomic mass is 79.9. The number of hydrogen-bond donors (Lipinski definition) is 1. The zero-order valence-electron chi connectivity index (χ0n) is 6.09. The zero-order chi connectivity index (χ0) is 9.14. The van der Waals surface area contributed by atoms with E-state index in [1.807, 2.05) is 24.3 Å². The lowest BCUT2D eigenvalue weighted by Gasteiger charge is -2.05. The first-order chi connectivity index (χ1) is 5.65. The predicted octanol–water partition coefficient (Wildman–Crippen LogP) is 2.73. The molecule has 1 rings (SSSR count). The van der Waals surface area contributed by atoms with Crippen molar-refractivity contribution >= 4 is 31.9 Å². The molecule has 0 fully saturated rings. The Kier molecular flexibility index (Phi) is 3.27. The Hall–Kier alpha value is -0.370. The normalized spacial score (nSPS) is 12.2. The summed E-state index contributed by atoms with van der Waals surface area (Å²) in [7, 11) is 0. The summed E-state index contributed by atoms with van der Waals surface area (Å²) in [5, 5.41) is 8.59. The van der Waals surface area contributed by atoms with Gasteiger partial charge in [0.25, 0.3) is 0 Å². The van der Waals surface area contributed by atoms with Crippen LogP contribution in [0.25, 0.3) is 0 Å². The monoisotopic (exact) mass is 288 g/mol. The van der Waals surface area contributed by atoms with E-state index in [1.165, 1.54) is 0 Å². The summed E-state index contributed by atoms with van der Waals surface area (Å²) >= 11 is 6.63. The van der Waals surface area contributed by atoms with Gasteiger partial charge in [-0.25, -0.2) is 0 Å². The molecular weight excluding hydrogens is 284 g/mol. The van der Waals surface area contributed by atoms with Crippen LogP contribution in [0.5, 0.6) is 0 Å². The molecule has 62 valence electrons. The number of nitrogens with zero attached hydrogens (tertiary/aromatic N) is 1. The van der Waals surface area contributed by atoms with Gasteiger partial charge in [0.2, 0.25) is 0 Å². The van der Waals surface area contributed by atoms with Crippen LogP contribution in [0.15, 0.2) is 27.1 Å². The fourth-order valence-electron chi connectivity index (χ4n) is 0.822. The third-order valence-corrected chi connectivity index (χ3v) is 2.65. The fraction of sp³-hybridized carbons (Fsp3) is 0.125. The van der Waals surface area contributed by atoms with Crippen molar-refractivity contribution in [1.82, 2.24) is 0 Å². The molecule has 1 aromatic rings. The number of rotatable bonds is 1. The molecule has 1 aromatic carbocycles. The van der Waals surface area contributed by atoms with Crippen LogP contribution < -0.4 is 5.73 Å². The fourth-order valence-corrected chi connectivity index (χ4v) is 1.69. The van der Waals surface area contributed by atoms with E-state index in [1.54, 1.807) is 0 Å². The maximum atomic E-state index is 8.59. The highest BCUT2D eigenvalue weighted by Crippen LogP contribution is 2.25. The van der Waals surface area contributed by atoms with Gasteiger partial charge in [0.15, 0.2) is 0 Å². The van der Waals surface area contributed by atoms with Crippen LogP contribution in [-0.4, -0.2) is 0 Å². The molecule has 2 nitrogen and oxygen atoms in total. The number of benzene rings is 1. The highest BCUT2D eigenvalue weighted by molar-refractivity contribution is 9.11. The molecular formula is C8H6Br2N2. The average Bonchev–Trinajstić information content (AvgIpc) is 2.08. The molecule has 0 saturated carbocycles. The number of halogens is 2. The molecule has 4 heteroatoms. The van der Waals surface area contributed by atoms with Crippen LogP contribution in [0, 0.1) is 11.3 Å². The van der Waals surface area contributed by atoms with Crippen molar-refractivity contribution in [3.63, 3.8) is 0 Å². The third-order valence-electron chi connectivity index (χ3n) is 1.43. The quantitative estimate of drug-likeness (QED) is 0.864. The van der Waals surface area contributed by atoms with Gasteiger partial charge in [0.05, 0.1) is 6.07 Å². The van der Waals surface area contributed by atoms with Gasteiger partial charge in [-0.2, -0.15) is 5.26 Å². The van der Waals surface area contributed by atoms with Crippen LogP contribution >= 0.6 is 31.9 Å². The molecule has 0 aromatic heterocycles. The Labute approximate surface area is 87.6 Å². The van der Waals surface area contributed by atoms with Gasteiger partial charge < -0.3 is 5.73 Å². The smallest absolute Gasteiger partial charge is 0.120 e. The lowest BCUT2D eigenvalue weighted by Crippen LogP contribution is -2.07. The summed E-state index contributed by atoms with van der Waals surface area (Å²) < 4.78 is 1.78. The molecule has 0 aliphatic carbocycles. The lowest BCUT2D eigenvalue weighted by atomic mass is 10.1. The standard InChI is InChI=1S/C8H6Br2N2/c9-5-1-2-7(10)6(3-5)8(12)4-11/h1-3,8H,12H2/t8-/m0/s1. The Balaban J connectivity index is 3.15. The van der Waals surface area contributed by atoms with Crippen molar-refractivity contribution in [3.8, 4) is 6.07 Å². The van der Waals surface area contributed by atoms with E-state index in [-0.39, 0.29) is 0 Å². The van der Waals surface area contributed by atoms with E-state index in [0.29, 0.717) is 0 Å². The molecule has 0 aliphatic heterocycles. The number of hydrogen-bond acceptors (Lipinski definition) is 2. The SMILES string of the molecule is N#C[C@H](N)c1cc(Br)ccc1Br. The summed E-state index contributed by atoms with van der Waals surface area (Å²) in [6.45, 7) is 0. The molecule has 0 unspecified atom stereocenters. The molecule has 0 bridgehead atoms. The van der Waals surface area contributed by atoms with Gasteiger partial charge in [0, 0.05) is 8.95 Å². The molecule has 12 heavy (non-hydrogen) atoms. The summed E-state index contributed by atoms with van der Waals surface area (Å²) in [6.07, 6.45) is 0. The third kappa shape index (κ3) is 2.07.